The number of furan rings is 1. The van der Waals surface area contributed by atoms with Gasteiger partial charge in [-0.15, -0.1) is 0 Å². The summed E-state index contributed by atoms with van der Waals surface area (Å²) in [5.74, 6) is -1.06. The molecule has 1 amide bonds. The molecule has 0 radical (unpaired) electrons. The number of amides is 1. The van der Waals surface area contributed by atoms with Gasteiger partial charge >= 0.3 is 0 Å². The average Bonchev–Trinajstić information content (AvgIpc) is 3.57. The zero-order valence-corrected chi connectivity index (χ0v) is 23.4. The first-order chi connectivity index (χ1) is 20.0. The number of nitrogens with zero attached hydrogens (tertiary/aromatic N) is 4. The molecule has 0 saturated heterocycles. The third-order valence-corrected chi connectivity index (χ3v) is 8.21. The fourth-order valence-electron chi connectivity index (χ4n) is 4.79. The van der Waals surface area contributed by atoms with E-state index >= 15 is 0 Å². The number of rotatable bonds is 6. The molecule has 3 aromatic carbocycles. The lowest BCUT2D eigenvalue weighted by atomic mass is 10.0. The van der Waals surface area contributed by atoms with Gasteiger partial charge in [0, 0.05) is 48.4 Å². The van der Waals surface area contributed by atoms with Gasteiger partial charge in [0.1, 0.15) is 23.0 Å². The van der Waals surface area contributed by atoms with E-state index in [0.717, 1.165) is 10.6 Å². The van der Waals surface area contributed by atoms with E-state index in [4.69, 9.17) is 4.42 Å². The summed E-state index contributed by atoms with van der Waals surface area (Å²) in [7, 11) is -0.849. The Morgan fingerprint density at radius 2 is 1.60 bits per heavy atom. The number of imidazole rings is 1. The van der Waals surface area contributed by atoms with Gasteiger partial charge in [0.15, 0.2) is 5.65 Å². The zero-order valence-electron chi connectivity index (χ0n) is 22.6. The number of benzene rings is 3. The highest BCUT2D eigenvalue weighted by atomic mass is 32.2. The SMILES string of the molecule is CNC(=O)c1c(-c2ccc(F)cc2)oc2cc(N(C)S(C)(=O)=O)c(-c3cn4c(-c5ccc(F)cc5)cnc4cn3)cc12. The third kappa shape index (κ3) is 4.65. The van der Waals surface area contributed by atoms with Crippen molar-refractivity contribution in [3.63, 3.8) is 0 Å². The van der Waals surface area contributed by atoms with Crippen LogP contribution in [0.3, 0.4) is 0 Å². The molecular formula is C30H23F2N5O4S. The van der Waals surface area contributed by atoms with E-state index in [1.165, 1.54) is 62.8 Å². The molecule has 6 aromatic rings. The fourth-order valence-corrected chi connectivity index (χ4v) is 5.30. The van der Waals surface area contributed by atoms with Gasteiger partial charge in [-0.05, 0) is 54.6 Å². The van der Waals surface area contributed by atoms with Crippen LogP contribution in [0.4, 0.5) is 14.5 Å². The van der Waals surface area contributed by atoms with Crippen molar-refractivity contribution in [3.8, 4) is 33.8 Å². The van der Waals surface area contributed by atoms with Crippen molar-refractivity contribution in [1.82, 2.24) is 19.7 Å². The lowest BCUT2D eigenvalue weighted by Crippen LogP contribution is -2.25. The average molecular weight is 588 g/mol. The lowest BCUT2D eigenvalue weighted by molar-refractivity contribution is 0.0964. The highest BCUT2D eigenvalue weighted by Crippen LogP contribution is 2.41. The molecule has 12 heteroatoms. The first-order valence-corrected chi connectivity index (χ1v) is 14.5. The number of sulfonamides is 1. The lowest BCUT2D eigenvalue weighted by Gasteiger charge is -2.20. The topological polar surface area (TPSA) is 110 Å². The number of fused-ring (bicyclic) bond motifs is 2. The molecule has 1 N–H and O–H groups in total. The summed E-state index contributed by atoms with van der Waals surface area (Å²) in [6, 6.07) is 14.6. The normalized spacial score (nSPS) is 11.7. The van der Waals surface area contributed by atoms with Crippen molar-refractivity contribution in [2.45, 2.75) is 0 Å². The van der Waals surface area contributed by atoms with Gasteiger partial charge in [0.2, 0.25) is 10.0 Å². The summed E-state index contributed by atoms with van der Waals surface area (Å²) >= 11 is 0. The number of hydrogen-bond donors (Lipinski definition) is 1. The van der Waals surface area contributed by atoms with Gasteiger partial charge in [0.05, 0.1) is 41.3 Å². The van der Waals surface area contributed by atoms with Crippen LogP contribution >= 0.6 is 0 Å². The molecule has 0 aliphatic rings. The van der Waals surface area contributed by atoms with Crippen LogP contribution in [0, 0.1) is 11.6 Å². The smallest absolute Gasteiger partial charge is 0.255 e. The first kappa shape index (κ1) is 27.1. The van der Waals surface area contributed by atoms with Crippen LogP contribution in [-0.2, 0) is 10.0 Å². The Kier molecular flexibility index (Phi) is 6.49. The molecule has 212 valence electrons. The maximum atomic E-state index is 13.7. The number of carbonyl (C=O) groups excluding carboxylic acids is 1. The molecule has 0 aliphatic carbocycles. The summed E-state index contributed by atoms with van der Waals surface area (Å²) < 4.78 is 61.6. The minimum absolute atomic E-state index is 0.199. The van der Waals surface area contributed by atoms with Crippen LogP contribution in [0.1, 0.15) is 10.4 Å². The summed E-state index contributed by atoms with van der Waals surface area (Å²) in [5.41, 5.74) is 3.84. The second-order valence-electron chi connectivity index (χ2n) is 9.64. The highest BCUT2D eigenvalue weighted by molar-refractivity contribution is 7.92. The minimum Gasteiger partial charge on any atom is -0.455 e. The monoisotopic (exact) mass is 587 g/mol. The molecule has 3 aromatic heterocycles. The molecule has 0 unspecified atom stereocenters. The number of nitrogens with one attached hydrogen (secondary N) is 1. The van der Waals surface area contributed by atoms with E-state index in [2.05, 4.69) is 15.3 Å². The third-order valence-electron chi connectivity index (χ3n) is 7.02. The van der Waals surface area contributed by atoms with E-state index in [0.29, 0.717) is 39.1 Å². The number of carbonyl (C=O) groups is 1. The van der Waals surface area contributed by atoms with Crippen molar-refractivity contribution in [1.29, 1.82) is 0 Å². The number of hydrogen-bond acceptors (Lipinski definition) is 6. The molecule has 9 nitrogen and oxygen atoms in total. The van der Waals surface area contributed by atoms with Crippen LogP contribution < -0.4 is 9.62 Å². The second kappa shape index (κ2) is 10.1. The van der Waals surface area contributed by atoms with E-state index in [-0.39, 0.29) is 28.4 Å². The van der Waals surface area contributed by atoms with Crippen LogP contribution in [0.15, 0.2) is 83.7 Å². The quantitative estimate of drug-likeness (QED) is 0.275. The second-order valence-corrected chi connectivity index (χ2v) is 11.7. The van der Waals surface area contributed by atoms with E-state index < -0.39 is 21.7 Å². The Morgan fingerprint density at radius 1 is 0.952 bits per heavy atom. The molecule has 0 spiro atoms. The van der Waals surface area contributed by atoms with Gasteiger partial charge in [-0.2, -0.15) is 0 Å². The van der Waals surface area contributed by atoms with E-state index in [1.54, 1.807) is 35.0 Å². The molecule has 0 saturated carbocycles. The summed E-state index contributed by atoms with van der Waals surface area (Å²) in [5, 5.41) is 3.02. The summed E-state index contributed by atoms with van der Waals surface area (Å²) in [6.45, 7) is 0. The Bertz CT molecular complexity index is 2100. The molecule has 0 aliphatic heterocycles. The number of anilines is 1. The van der Waals surface area contributed by atoms with Crippen LogP contribution in [0.5, 0.6) is 0 Å². The van der Waals surface area contributed by atoms with Gasteiger partial charge in [-0.1, -0.05) is 0 Å². The molecule has 42 heavy (non-hydrogen) atoms. The van der Waals surface area contributed by atoms with E-state index in [1.807, 2.05) is 0 Å². The maximum Gasteiger partial charge on any atom is 0.255 e. The Morgan fingerprint density at radius 3 is 2.21 bits per heavy atom. The van der Waals surface area contributed by atoms with Crippen molar-refractivity contribution in [2.24, 2.45) is 0 Å². The molecular weight excluding hydrogens is 564 g/mol. The van der Waals surface area contributed by atoms with Crippen LogP contribution in [0.2, 0.25) is 0 Å². The summed E-state index contributed by atoms with van der Waals surface area (Å²) in [4.78, 5) is 22.1. The minimum atomic E-state index is -3.73. The number of aromatic nitrogens is 3. The van der Waals surface area contributed by atoms with Crippen LogP contribution in [0.25, 0.3) is 50.5 Å². The van der Waals surface area contributed by atoms with Crippen molar-refractivity contribution in [3.05, 3.63) is 96.5 Å². The highest BCUT2D eigenvalue weighted by Gasteiger charge is 2.26. The predicted molar refractivity (Wildman–Crippen MR) is 156 cm³/mol. The number of halogens is 2. The van der Waals surface area contributed by atoms with Crippen LogP contribution in [-0.4, -0.2) is 49.0 Å². The summed E-state index contributed by atoms with van der Waals surface area (Å²) in [6.07, 6.45) is 5.94. The van der Waals surface area contributed by atoms with Crippen molar-refractivity contribution in [2.75, 3.05) is 24.7 Å². The fraction of sp³-hybridized carbons (Fsp3) is 0.100. The molecule has 3 heterocycles. The zero-order chi connectivity index (χ0) is 29.8. The molecule has 0 bridgehead atoms. The van der Waals surface area contributed by atoms with Gasteiger partial charge in [-0.3, -0.25) is 18.5 Å². The molecule has 0 fully saturated rings. The molecule has 6 rings (SSSR count). The van der Waals surface area contributed by atoms with Gasteiger partial charge in [-0.25, -0.2) is 22.2 Å². The Hall–Kier alpha value is -5.10. The van der Waals surface area contributed by atoms with E-state index in [9.17, 15) is 22.0 Å². The Labute approximate surface area is 239 Å². The van der Waals surface area contributed by atoms with Crippen molar-refractivity contribution < 1.29 is 26.4 Å². The Balaban J connectivity index is 1.63. The standard InChI is InChI=1S/C30H23F2N5O4S/c1-33-30(38)28-22-12-21(23-16-37-25(14-35-27(37)15-34-23)17-4-8-19(31)9-5-17)24(36(2)42(3,39)40)13-26(22)41-29(28)18-6-10-20(32)11-7-18/h4-16H,1-3H3,(H,33,38). The predicted octanol–water partition coefficient (Wildman–Crippen LogP) is 5.51. The van der Waals surface area contributed by atoms with Gasteiger partial charge < -0.3 is 9.73 Å². The maximum absolute atomic E-state index is 13.7. The largest absolute Gasteiger partial charge is 0.455 e. The molecule has 0 atom stereocenters. The van der Waals surface area contributed by atoms with Gasteiger partial charge in [0.25, 0.3) is 5.91 Å². The van der Waals surface area contributed by atoms with Crippen molar-refractivity contribution >= 4 is 38.2 Å². The first-order valence-electron chi connectivity index (χ1n) is 12.7.